The summed E-state index contributed by atoms with van der Waals surface area (Å²) < 4.78 is 29.3. The molecule has 0 fully saturated rings. The average Bonchev–Trinajstić information content (AvgIpc) is 3.18. The number of carbonyl (C=O) groups is 1. The Morgan fingerprint density at radius 3 is 2.48 bits per heavy atom. The first-order chi connectivity index (χ1) is 14.8. The second-order valence-corrected chi connectivity index (χ2v) is 8.96. The number of benzene rings is 2. The van der Waals surface area contributed by atoms with Crippen LogP contribution < -0.4 is 10.0 Å². The number of hydrogen-bond donors (Lipinski definition) is 2. The smallest absolute Gasteiger partial charge is 0.261 e. The molecule has 0 aliphatic carbocycles. The molecule has 2 N–H and O–H groups in total. The monoisotopic (exact) mass is 435 g/mol. The van der Waals surface area contributed by atoms with E-state index in [2.05, 4.69) is 20.1 Å². The van der Waals surface area contributed by atoms with Crippen molar-refractivity contribution in [3.63, 3.8) is 0 Å². The predicted octanol–water partition coefficient (Wildman–Crippen LogP) is 4.07. The van der Waals surface area contributed by atoms with Crippen molar-refractivity contribution < 1.29 is 13.2 Å². The fraction of sp³-hybridized carbons (Fsp3) is 0.136. The van der Waals surface area contributed by atoms with Gasteiger partial charge in [0.1, 0.15) is 0 Å². The lowest BCUT2D eigenvalue weighted by Gasteiger charge is -2.10. The maximum atomic E-state index is 12.7. The van der Waals surface area contributed by atoms with E-state index in [0.717, 1.165) is 11.0 Å². The second kappa shape index (κ2) is 8.19. The van der Waals surface area contributed by atoms with Crippen molar-refractivity contribution in [2.75, 3.05) is 10.0 Å². The van der Waals surface area contributed by atoms with Gasteiger partial charge in [-0.2, -0.15) is 5.10 Å². The van der Waals surface area contributed by atoms with Gasteiger partial charge in [0.2, 0.25) is 0 Å². The highest BCUT2D eigenvalue weighted by Crippen LogP contribution is 2.21. The van der Waals surface area contributed by atoms with Crippen molar-refractivity contribution in [2.45, 2.75) is 24.8 Å². The molecule has 0 saturated carbocycles. The summed E-state index contributed by atoms with van der Waals surface area (Å²) in [5.74, 6) is -0.377. The maximum Gasteiger partial charge on any atom is 0.261 e. The molecular formula is C22H21N5O3S. The molecule has 8 nitrogen and oxygen atoms in total. The maximum absolute atomic E-state index is 12.7. The highest BCUT2D eigenvalue weighted by atomic mass is 32.2. The standard InChI is InChI=1S/C22H21N5O3S/c1-15(2)27-21-17(13-24-27)12-19(14-23-21)25-22(28)16-7-6-8-18(11-16)26-31(29,30)20-9-4-3-5-10-20/h3-15,26H,1-2H3,(H,25,28). The fourth-order valence-corrected chi connectivity index (χ4v) is 4.20. The van der Waals surface area contributed by atoms with Crippen molar-refractivity contribution in [3.05, 3.63) is 78.6 Å². The molecular weight excluding hydrogens is 414 g/mol. The van der Waals surface area contributed by atoms with Gasteiger partial charge in [-0.15, -0.1) is 0 Å². The van der Waals surface area contributed by atoms with Crippen molar-refractivity contribution >= 4 is 38.3 Å². The van der Waals surface area contributed by atoms with Crippen LogP contribution in [0.25, 0.3) is 11.0 Å². The topological polar surface area (TPSA) is 106 Å². The van der Waals surface area contributed by atoms with E-state index in [1.807, 2.05) is 18.5 Å². The lowest BCUT2D eigenvalue weighted by atomic mass is 10.2. The zero-order chi connectivity index (χ0) is 22.0. The lowest BCUT2D eigenvalue weighted by Crippen LogP contribution is -2.15. The summed E-state index contributed by atoms with van der Waals surface area (Å²) >= 11 is 0. The number of hydrogen-bond acceptors (Lipinski definition) is 5. The molecule has 4 rings (SSSR count). The average molecular weight is 436 g/mol. The Morgan fingerprint density at radius 2 is 1.74 bits per heavy atom. The number of carbonyl (C=O) groups excluding carboxylic acids is 1. The third kappa shape index (κ3) is 4.41. The number of aromatic nitrogens is 3. The van der Waals surface area contributed by atoms with Crippen molar-refractivity contribution in [3.8, 4) is 0 Å². The third-order valence-electron chi connectivity index (χ3n) is 4.61. The van der Waals surface area contributed by atoms with E-state index in [4.69, 9.17) is 0 Å². The minimum Gasteiger partial charge on any atom is -0.321 e. The molecule has 0 saturated heterocycles. The third-order valence-corrected chi connectivity index (χ3v) is 6.01. The van der Waals surface area contributed by atoms with Crippen LogP contribution in [0.15, 0.2) is 78.0 Å². The minimum atomic E-state index is -3.74. The van der Waals surface area contributed by atoms with Gasteiger partial charge in [0.15, 0.2) is 5.65 Å². The first kappa shape index (κ1) is 20.5. The fourth-order valence-electron chi connectivity index (χ4n) is 3.13. The number of fused-ring (bicyclic) bond motifs is 1. The summed E-state index contributed by atoms with van der Waals surface area (Å²) in [4.78, 5) is 17.3. The van der Waals surface area contributed by atoms with Crippen LogP contribution in [0.2, 0.25) is 0 Å². The molecule has 1 amide bonds. The summed E-state index contributed by atoms with van der Waals surface area (Å²) in [7, 11) is -3.74. The van der Waals surface area contributed by atoms with Crippen LogP contribution in [0.3, 0.4) is 0 Å². The van der Waals surface area contributed by atoms with E-state index in [9.17, 15) is 13.2 Å². The Hall–Kier alpha value is -3.72. The van der Waals surface area contributed by atoms with E-state index < -0.39 is 10.0 Å². The Kier molecular flexibility index (Phi) is 5.43. The van der Waals surface area contributed by atoms with Gasteiger partial charge >= 0.3 is 0 Å². The molecule has 31 heavy (non-hydrogen) atoms. The van der Waals surface area contributed by atoms with Crippen LogP contribution in [-0.2, 0) is 10.0 Å². The first-order valence-electron chi connectivity index (χ1n) is 9.66. The molecule has 2 aromatic carbocycles. The summed E-state index contributed by atoms with van der Waals surface area (Å²) in [6.07, 6.45) is 3.28. The van der Waals surface area contributed by atoms with Gasteiger partial charge in [-0.1, -0.05) is 24.3 Å². The molecule has 0 radical (unpaired) electrons. The molecule has 0 unspecified atom stereocenters. The number of sulfonamides is 1. The normalized spacial score (nSPS) is 11.6. The van der Waals surface area contributed by atoms with E-state index in [1.54, 1.807) is 54.9 Å². The first-order valence-corrected chi connectivity index (χ1v) is 11.1. The second-order valence-electron chi connectivity index (χ2n) is 7.27. The van der Waals surface area contributed by atoms with Crippen molar-refractivity contribution in [1.29, 1.82) is 0 Å². The summed E-state index contributed by atoms with van der Waals surface area (Å²) in [6, 6.07) is 16.3. The van der Waals surface area contributed by atoms with Crippen molar-refractivity contribution in [2.24, 2.45) is 0 Å². The molecule has 0 atom stereocenters. The van der Waals surface area contributed by atoms with Crippen LogP contribution in [0, 0.1) is 0 Å². The van der Waals surface area contributed by atoms with Crippen LogP contribution >= 0.6 is 0 Å². The van der Waals surface area contributed by atoms with E-state index >= 15 is 0 Å². The van der Waals surface area contributed by atoms with Gasteiger partial charge in [0, 0.05) is 22.7 Å². The molecule has 0 aliphatic rings. The van der Waals surface area contributed by atoms with Crippen LogP contribution in [0.5, 0.6) is 0 Å². The Balaban J connectivity index is 1.53. The summed E-state index contributed by atoms with van der Waals surface area (Å²) in [5, 5.41) is 7.93. The predicted molar refractivity (Wildman–Crippen MR) is 120 cm³/mol. The lowest BCUT2D eigenvalue weighted by molar-refractivity contribution is 0.102. The molecule has 0 spiro atoms. The highest BCUT2D eigenvalue weighted by Gasteiger charge is 2.15. The number of pyridine rings is 1. The van der Waals surface area contributed by atoms with Crippen molar-refractivity contribution in [1.82, 2.24) is 14.8 Å². The number of rotatable bonds is 6. The number of nitrogens with one attached hydrogen (secondary N) is 2. The molecule has 2 aromatic heterocycles. The Morgan fingerprint density at radius 1 is 0.968 bits per heavy atom. The minimum absolute atomic E-state index is 0.145. The molecule has 0 aliphatic heterocycles. The molecule has 9 heteroatoms. The van der Waals surface area contributed by atoms with Gasteiger partial charge in [-0.3, -0.25) is 9.52 Å². The Labute approximate surface area is 180 Å². The van der Waals surface area contributed by atoms with Crippen LogP contribution in [-0.4, -0.2) is 29.1 Å². The van der Waals surface area contributed by atoms with Gasteiger partial charge in [0.05, 0.1) is 23.0 Å². The van der Waals surface area contributed by atoms with Gasteiger partial charge in [-0.25, -0.2) is 18.1 Å². The Bertz CT molecular complexity index is 1350. The SMILES string of the molecule is CC(C)n1ncc2cc(NC(=O)c3cccc(NS(=O)(=O)c4ccccc4)c3)cnc21. The summed E-state index contributed by atoms with van der Waals surface area (Å²) in [5.41, 5.74) is 1.87. The van der Waals surface area contributed by atoms with Gasteiger partial charge in [0.25, 0.3) is 15.9 Å². The zero-order valence-corrected chi connectivity index (χ0v) is 17.8. The van der Waals surface area contributed by atoms with Crippen LogP contribution in [0.1, 0.15) is 30.2 Å². The molecule has 158 valence electrons. The van der Waals surface area contributed by atoms with E-state index in [-0.39, 0.29) is 16.8 Å². The molecule has 0 bridgehead atoms. The number of amides is 1. The largest absolute Gasteiger partial charge is 0.321 e. The molecule has 2 heterocycles. The quantitative estimate of drug-likeness (QED) is 0.475. The number of nitrogens with zero attached hydrogens (tertiary/aromatic N) is 3. The van der Waals surface area contributed by atoms with E-state index in [1.165, 1.54) is 18.2 Å². The van der Waals surface area contributed by atoms with Crippen LogP contribution in [0.4, 0.5) is 11.4 Å². The van der Waals surface area contributed by atoms with E-state index in [0.29, 0.717) is 16.9 Å². The highest BCUT2D eigenvalue weighted by molar-refractivity contribution is 7.92. The zero-order valence-electron chi connectivity index (χ0n) is 17.0. The van der Waals surface area contributed by atoms with Gasteiger partial charge < -0.3 is 5.32 Å². The van der Waals surface area contributed by atoms with Gasteiger partial charge in [-0.05, 0) is 50.2 Å². The molecule has 4 aromatic rings. The number of anilines is 2. The summed E-state index contributed by atoms with van der Waals surface area (Å²) in [6.45, 7) is 4.03.